The Kier molecular flexibility index (Phi) is 8.61. The molecule has 0 heterocycles. The Morgan fingerprint density at radius 2 is 1.94 bits per heavy atom. The fourth-order valence-corrected chi connectivity index (χ4v) is 5.17. The van der Waals surface area contributed by atoms with E-state index in [2.05, 4.69) is 6.92 Å². The number of methoxy groups -OCH3 is 1. The van der Waals surface area contributed by atoms with Crippen LogP contribution in [-0.2, 0) is 17.4 Å². The largest absolute Gasteiger partial charge is 0.496 e. The molecule has 1 saturated carbocycles. The normalized spacial score (nSPS) is 19.2. The second-order valence-electron chi connectivity index (χ2n) is 9.40. The number of rotatable bonds is 10. The van der Waals surface area contributed by atoms with Crippen molar-refractivity contribution in [3.63, 3.8) is 0 Å². The molecule has 0 radical (unpaired) electrons. The Morgan fingerprint density at radius 1 is 1.18 bits per heavy atom. The second kappa shape index (κ2) is 11.2. The molecule has 1 fully saturated rings. The van der Waals surface area contributed by atoms with E-state index in [1.54, 1.807) is 12.1 Å². The highest BCUT2D eigenvalue weighted by Gasteiger charge is 2.35. The van der Waals surface area contributed by atoms with Gasteiger partial charge in [-0.05, 0) is 78.7 Å². The van der Waals surface area contributed by atoms with Crippen molar-refractivity contribution >= 4 is 5.97 Å². The Bertz CT molecular complexity index is 986. The van der Waals surface area contributed by atoms with Crippen LogP contribution in [-0.4, -0.2) is 18.2 Å². The molecule has 2 aromatic carbocycles. The molecule has 7 heteroatoms. The van der Waals surface area contributed by atoms with Gasteiger partial charge < -0.3 is 9.84 Å². The van der Waals surface area contributed by atoms with Crippen LogP contribution in [0.4, 0.5) is 17.6 Å². The monoisotopic (exact) mass is 480 g/mol. The molecule has 1 aliphatic carbocycles. The zero-order valence-corrected chi connectivity index (χ0v) is 19.6. The molecule has 0 spiro atoms. The van der Waals surface area contributed by atoms with E-state index in [9.17, 15) is 22.4 Å². The third-order valence-corrected chi connectivity index (χ3v) is 7.04. The van der Waals surface area contributed by atoms with Crippen molar-refractivity contribution in [2.24, 2.45) is 5.92 Å². The van der Waals surface area contributed by atoms with Crippen molar-refractivity contribution in [1.82, 2.24) is 0 Å². The van der Waals surface area contributed by atoms with Crippen LogP contribution < -0.4 is 4.74 Å². The van der Waals surface area contributed by atoms with Gasteiger partial charge in [0.15, 0.2) is 0 Å². The molecule has 0 aromatic heterocycles. The summed E-state index contributed by atoms with van der Waals surface area (Å²) in [4.78, 5) is 10.8. The average Bonchev–Trinajstić information content (AvgIpc) is 3.25. The van der Waals surface area contributed by atoms with E-state index in [1.165, 1.54) is 31.4 Å². The van der Waals surface area contributed by atoms with Crippen LogP contribution in [0.1, 0.15) is 86.0 Å². The van der Waals surface area contributed by atoms with Gasteiger partial charge in [-0.1, -0.05) is 38.0 Å². The Labute approximate surface area is 198 Å². The van der Waals surface area contributed by atoms with Crippen LogP contribution in [0.5, 0.6) is 5.75 Å². The molecule has 2 aromatic rings. The number of benzene rings is 2. The summed E-state index contributed by atoms with van der Waals surface area (Å²) >= 11 is 0. The van der Waals surface area contributed by atoms with E-state index in [0.717, 1.165) is 44.1 Å². The zero-order chi connectivity index (χ0) is 24.9. The Balaban J connectivity index is 1.57. The molecule has 186 valence electrons. The first-order valence-corrected chi connectivity index (χ1v) is 11.8. The van der Waals surface area contributed by atoms with E-state index in [4.69, 9.17) is 9.84 Å². The van der Waals surface area contributed by atoms with Crippen molar-refractivity contribution < 1.29 is 32.2 Å². The highest BCUT2D eigenvalue weighted by Crippen LogP contribution is 2.43. The van der Waals surface area contributed by atoms with Crippen molar-refractivity contribution in [1.29, 1.82) is 0 Å². The summed E-state index contributed by atoms with van der Waals surface area (Å²) in [5, 5.41) is 8.83. The number of alkyl halides is 3. The molecule has 3 atom stereocenters. The van der Waals surface area contributed by atoms with E-state index in [0.29, 0.717) is 17.2 Å². The number of aliphatic carboxylic acids is 1. The first kappa shape index (κ1) is 26.0. The summed E-state index contributed by atoms with van der Waals surface area (Å²) < 4.78 is 59.6. The Hall–Kier alpha value is -2.57. The molecule has 34 heavy (non-hydrogen) atoms. The molecule has 1 N–H and O–H groups in total. The van der Waals surface area contributed by atoms with E-state index in [-0.39, 0.29) is 36.1 Å². The highest BCUT2D eigenvalue weighted by atomic mass is 19.4. The van der Waals surface area contributed by atoms with Crippen molar-refractivity contribution in [3.05, 3.63) is 64.5 Å². The summed E-state index contributed by atoms with van der Waals surface area (Å²) in [6, 6.07) is 9.03. The van der Waals surface area contributed by atoms with Gasteiger partial charge in [0.25, 0.3) is 0 Å². The number of hydrogen-bond donors (Lipinski definition) is 1. The molecule has 0 saturated heterocycles. The van der Waals surface area contributed by atoms with Gasteiger partial charge in [-0.15, -0.1) is 0 Å². The Morgan fingerprint density at radius 3 is 2.62 bits per heavy atom. The lowest BCUT2D eigenvalue weighted by Gasteiger charge is -2.18. The van der Waals surface area contributed by atoms with Gasteiger partial charge in [-0.25, -0.2) is 4.39 Å². The van der Waals surface area contributed by atoms with Crippen LogP contribution in [0, 0.1) is 11.7 Å². The third kappa shape index (κ3) is 6.73. The first-order chi connectivity index (χ1) is 16.1. The maximum Gasteiger partial charge on any atom is 0.416 e. The van der Waals surface area contributed by atoms with Gasteiger partial charge in [0.05, 0.1) is 12.7 Å². The minimum Gasteiger partial charge on any atom is -0.496 e. The predicted molar refractivity (Wildman–Crippen MR) is 123 cm³/mol. The van der Waals surface area contributed by atoms with Gasteiger partial charge in [-0.3, -0.25) is 4.79 Å². The SMILES string of the molecule is COc1cc(F)ccc1[C@@H](C)CCCC1CC[C@H](c2ccc(CCC(=O)O)c(C(F)(F)F)c2)C1. The zero-order valence-electron chi connectivity index (χ0n) is 19.6. The van der Waals surface area contributed by atoms with Crippen LogP contribution in [0.25, 0.3) is 0 Å². The average molecular weight is 481 g/mol. The lowest BCUT2D eigenvalue weighted by atomic mass is 9.89. The number of carbonyl (C=O) groups is 1. The first-order valence-electron chi connectivity index (χ1n) is 11.8. The fraction of sp³-hybridized carbons (Fsp3) is 0.519. The standard InChI is InChI=1S/C27H32F4O3/c1-17(23-12-11-22(28)16-25(23)34-2)4-3-5-18-6-7-20(14-18)21-9-8-19(10-13-26(32)33)24(15-21)27(29,30)31/h8-9,11-12,15-18,20H,3-7,10,13-14H2,1-2H3,(H,32,33)/t17-,18?,20-/m0/s1. The fourth-order valence-electron chi connectivity index (χ4n) is 5.17. The maximum atomic E-state index is 13.6. The number of aryl methyl sites for hydroxylation is 1. The van der Waals surface area contributed by atoms with E-state index >= 15 is 0 Å². The molecular formula is C27H32F4O3. The van der Waals surface area contributed by atoms with Gasteiger partial charge in [0.2, 0.25) is 0 Å². The highest BCUT2D eigenvalue weighted by molar-refractivity contribution is 5.67. The summed E-state index contributed by atoms with van der Waals surface area (Å²) in [6.45, 7) is 2.10. The lowest BCUT2D eigenvalue weighted by molar-refractivity contribution is -0.140. The number of carboxylic acids is 1. The number of carboxylic acid groups (broad SMARTS) is 1. The molecule has 3 nitrogen and oxygen atoms in total. The number of halogens is 4. The number of hydrogen-bond acceptors (Lipinski definition) is 2. The summed E-state index contributed by atoms with van der Waals surface area (Å²) in [6.07, 6.45) is 0.678. The number of ether oxygens (including phenoxy) is 1. The summed E-state index contributed by atoms with van der Waals surface area (Å²) in [7, 11) is 1.53. The molecule has 0 bridgehead atoms. The van der Waals surface area contributed by atoms with Crippen molar-refractivity contribution in [2.75, 3.05) is 7.11 Å². The minimum absolute atomic E-state index is 0.0402. The quantitative estimate of drug-likeness (QED) is 0.354. The van der Waals surface area contributed by atoms with Gasteiger partial charge in [0.1, 0.15) is 11.6 Å². The minimum atomic E-state index is -4.50. The van der Waals surface area contributed by atoms with Crippen LogP contribution >= 0.6 is 0 Å². The van der Waals surface area contributed by atoms with Gasteiger partial charge in [0, 0.05) is 12.5 Å². The smallest absolute Gasteiger partial charge is 0.416 e. The molecule has 0 aliphatic heterocycles. The second-order valence-corrected chi connectivity index (χ2v) is 9.40. The predicted octanol–water partition coefficient (Wildman–Crippen LogP) is 7.73. The summed E-state index contributed by atoms with van der Waals surface area (Å²) in [5.41, 5.74) is 1.00. The topological polar surface area (TPSA) is 46.5 Å². The van der Waals surface area contributed by atoms with Crippen molar-refractivity contribution in [3.8, 4) is 5.75 Å². The molecule has 0 amide bonds. The van der Waals surface area contributed by atoms with Crippen LogP contribution in [0.3, 0.4) is 0 Å². The maximum absolute atomic E-state index is 13.6. The van der Waals surface area contributed by atoms with Crippen LogP contribution in [0.2, 0.25) is 0 Å². The summed E-state index contributed by atoms with van der Waals surface area (Å²) in [5.74, 6) is -0.0971. The molecule has 1 aliphatic rings. The van der Waals surface area contributed by atoms with E-state index in [1.807, 2.05) is 0 Å². The molecular weight excluding hydrogens is 448 g/mol. The van der Waals surface area contributed by atoms with Gasteiger partial charge >= 0.3 is 12.1 Å². The molecule has 1 unspecified atom stereocenters. The van der Waals surface area contributed by atoms with Crippen molar-refractivity contribution in [2.45, 2.75) is 76.3 Å². The molecule has 3 rings (SSSR count). The van der Waals surface area contributed by atoms with Crippen LogP contribution in [0.15, 0.2) is 36.4 Å². The lowest BCUT2D eigenvalue weighted by Crippen LogP contribution is -2.12. The van der Waals surface area contributed by atoms with Gasteiger partial charge in [-0.2, -0.15) is 13.2 Å². The van der Waals surface area contributed by atoms with E-state index < -0.39 is 17.7 Å². The third-order valence-electron chi connectivity index (χ3n) is 7.04.